The van der Waals surface area contributed by atoms with Gasteiger partial charge in [-0.25, -0.2) is 9.59 Å². The second-order valence-corrected chi connectivity index (χ2v) is 14.5. The Labute approximate surface area is 281 Å². The highest BCUT2D eigenvalue weighted by atomic mass is 16.6. The molecule has 0 aromatic heterocycles. The third kappa shape index (κ3) is 13.2. The Kier molecular flexibility index (Phi) is 14.2. The minimum atomic E-state index is -1.15. The molecule has 0 spiro atoms. The lowest BCUT2D eigenvalue weighted by Gasteiger charge is -2.39. The van der Waals surface area contributed by atoms with Gasteiger partial charge in [0.2, 0.25) is 11.8 Å². The standard InChI is InChI=1S/C38H55N3O6/c1-12-28-19-16-20-30(23-28)32(33(42)40-31(35(44)46-37(6,7)8)24-29-17-14-13-15-18-29)41(26(4)22-21-25(2)3)34(43)27(5)39-36(45)47-38(9,10)11/h12-20,23,25-27,31-32H,1,21-22,24H2,2-11H3,(H,39,45)(H,40,42). The molecule has 0 saturated heterocycles. The number of ether oxygens (including phenoxy) is 2. The van der Waals surface area contributed by atoms with E-state index in [1.165, 1.54) is 4.90 Å². The average molecular weight is 650 g/mol. The first kappa shape index (κ1) is 39.0. The zero-order valence-corrected chi connectivity index (χ0v) is 29.9. The largest absolute Gasteiger partial charge is 0.458 e. The Morgan fingerprint density at radius 2 is 1.45 bits per heavy atom. The fourth-order valence-electron chi connectivity index (χ4n) is 5.04. The van der Waals surface area contributed by atoms with E-state index in [0.29, 0.717) is 17.9 Å². The SMILES string of the molecule is C=Cc1cccc(C(C(=O)NC(Cc2ccccc2)C(=O)OC(C)(C)C)N(C(=O)C(C)NC(=O)OC(C)(C)C)C(C)CCC(C)C)c1. The number of nitrogens with one attached hydrogen (secondary N) is 2. The van der Waals surface area contributed by atoms with E-state index >= 15 is 0 Å². The van der Waals surface area contributed by atoms with Crippen molar-refractivity contribution >= 4 is 30.0 Å². The van der Waals surface area contributed by atoms with Crippen LogP contribution in [0.4, 0.5) is 4.79 Å². The molecule has 2 rings (SSSR count). The van der Waals surface area contributed by atoms with Crippen LogP contribution in [0, 0.1) is 5.92 Å². The Hall–Kier alpha value is -4.14. The van der Waals surface area contributed by atoms with Crippen LogP contribution >= 0.6 is 0 Å². The van der Waals surface area contributed by atoms with Crippen LogP contribution in [0.25, 0.3) is 6.08 Å². The zero-order chi connectivity index (χ0) is 35.5. The first-order valence-corrected chi connectivity index (χ1v) is 16.4. The van der Waals surface area contributed by atoms with Gasteiger partial charge in [-0.15, -0.1) is 0 Å². The maximum atomic E-state index is 14.6. The highest BCUT2D eigenvalue weighted by Crippen LogP contribution is 2.29. The third-order valence-corrected chi connectivity index (χ3v) is 7.27. The molecule has 0 radical (unpaired) electrons. The molecule has 2 aromatic rings. The van der Waals surface area contributed by atoms with Crippen LogP contribution < -0.4 is 10.6 Å². The second kappa shape index (κ2) is 17.1. The normalized spacial score (nSPS) is 14.3. The summed E-state index contributed by atoms with van der Waals surface area (Å²) >= 11 is 0. The van der Waals surface area contributed by atoms with Crippen LogP contribution in [-0.2, 0) is 30.3 Å². The van der Waals surface area contributed by atoms with Crippen molar-refractivity contribution < 1.29 is 28.7 Å². The minimum absolute atomic E-state index is 0.189. The molecule has 47 heavy (non-hydrogen) atoms. The number of carbonyl (C=O) groups is 4. The molecule has 2 aromatic carbocycles. The predicted octanol–water partition coefficient (Wildman–Crippen LogP) is 7.01. The number of hydrogen-bond donors (Lipinski definition) is 2. The molecule has 258 valence electrons. The van der Waals surface area contributed by atoms with Gasteiger partial charge < -0.3 is 25.0 Å². The summed E-state index contributed by atoms with van der Waals surface area (Å²) in [5.74, 6) is -1.25. The van der Waals surface area contributed by atoms with E-state index in [1.807, 2.05) is 43.3 Å². The highest BCUT2D eigenvalue weighted by Gasteiger charge is 2.39. The van der Waals surface area contributed by atoms with Crippen molar-refractivity contribution in [3.63, 3.8) is 0 Å². The smallest absolute Gasteiger partial charge is 0.408 e. The van der Waals surface area contributed by atoms with Gasteiger partial charge in [0.1, 0.15) is 29.3 Å². The Bertz CT molecular complexity index is 1360. The van der Waals surface area contributed by atoms with Gasteiger partial charge >= 0.3 is 12.1 Å². The first-order valence-electron chi connectivity index (χ1n) is 16.4. The van der Waals surface area contributed by atoms with Crippen molar-refractivity contribution in [2.24, 2.45) is 5.92 Å². The molecule has 4 unspecified atom stereocenters. The molecule has 0 aliphatic rings. The number of hydrogen-bond acceptors (Lipinski definition) is 6. The van der Waals surface area contributed by atoms with E-state index in [-0.39, 0.29) is 6.42 Å². The van der Waals surface area contributed by atoms with E-state index in [9.17, 15) is 19.2 Å². The summed E-state index contributed by atoms with van der Waals surface area (Å²) in [5.41, 5.74) is 0.583. The van der Waals surface area contributed by atoms with Gasteiger partial charge in [-0.1, -0.05) is 75.0 Å². The van der Waals surface area contributed by atoms with Crippen molar-refractivity contribution in [2.75, 3.05) is 0 Å². The Morgan fingerprint density at radius 3 is 2.00 bits per heavy atom. The van der Waals surface area contributed by atoms with E-state index in [0.717, 1.165) is 17.5 Å². The van der Waals surface area contributed by atoms with Gasteiger partial charge in [-0.2, -0.15) is 0 Å². The van der Waals surface area contributed by atoms with Gasteiger partial charge in [0.15, 0.2) is 0 Å². The molecule has 0 heterocycles. The van der Waals surface area contributed by atoms with Crippen molar-refractivity contribution in [2.45, 2.75) is 124 Å². The lowest BCUT2D eigenvalue weighted by Crippen LogP contribution is -2.56. The number of nitrogens with zero attached hydrogens (tertiary/aromatic N) is 1. The Balaban J connectivity index is 2.65. The number of benzene rings is 2. The van der Waals surface area contributed by atoms with E-state index in [2.05, 4.69) is 31.1 Å². The maximum absolute atomic E-state index is 14.6. The van der Waals surface area contributed by atoms with Crippen LogP contribution in [0.5, 0.6) is 0 Å². The molecule has 4 atom stereocenters. The first-order chi connectivity index (χ1) is 21.8. The predicted molar refractivity (Wildman–Crippen MR) is 186 cm³/mol. The lowest BCUT2D eigenvalue weighted by atomic mass is 9.95. The molecule has 3 amide bonds. The Morgan fingerprint density at radius 1 is 0.830 bits per heavy atom. The number of alkyl carbamates (subject to hydrolysis) is 1. The summed E-state index contributed by atoms with van der Waals surface area (Å²) in [4.78, 5) is 56.7. The molecule has 9 nitrogen and oxygen atoms in total. The van der Waals surface area contributed by atoms with E-state index in [1.54, 1.807) is 72.7 Å². The highest BCUT2D eigenvalue weighted by molar-refractivity contribution is 5.94. The molecule has 0 bridgehead atoms. The molecule has 0 fully saturated rings. The number of carbonyl (C=O) groups excluding carboxylic acids is 4. The van der Waals surface area contributed by atoms with Gasteiger partial charge in [0.25, 0.3) is 0 Å². The fraction of sp³-hybridized carbons (Fsp3) is 0.526. The maximum Gasteiger partial charge on any atom is 0.408 e. The fourth-order valence-corrected chi connectivity index (χ4v) is 5.04. The summed E-state index contributed by atoms with van der Waals surface area (Å²) in [6.45, 7) is 22.1. The molecule has 9 heteroatoms. The van der Waals surface area contributed by atoms with E-state index in [4.69, 9.17) is 9.47 Å². The molecule has 0 aliphatic heterocycles. The summed E-state index contributed by atoms with van der Waals surface area (Å²) in [6.07, 6.45) is 2.52. The molecule has 2 N–H and O–H groups in total. The second-order valence-electron chi connectivity index (χ2n) is 14.5. The monoisotopic (exact) mass is 649 g/mol. The minimum Gasteiger partial charge on any atom is -0.458 e. The van der Waals surface area contributed by atoms with Crippen molar-refractivity contribution in [1.82, 2.24) is 15.5 Å². The van der Waals surface area contributed by atoms with Crippen LogP contribution in [0.2, 0.25) is 0 Å². The molecular weight excluding hydrogens is 594 g/mol. The third-order valence-electron chi connectivity index (χ3n) is 7.27. The topological polar surface area (TPSA) is 114 Å². The van der Waals surface area contributed by atoms with Crippen LogP contribution in [0.1, 0.15) is 105 Å². The number of esters is 1. The summed E-state index contributed by atoms with van der Waals surface area (Å²) in [5, 5.41) is 5.59. The van der Waals surface area contributed by atoms with Crippen LogP contribution in [0.15, 0.2) is 61.2 Å². The van der Waals surface area contributed by atoms with Crippen molar-refractivity contribution in [3.05, 3.63) is 77.9 Å². The quantitative estimate of drug-likeness (QED) is 0.213. The van der Waals surface area contributed by atoms with E-state index < -0.39 is 59.2 Å². The van der Waals surface area contributed by atoms with Crippen molar-refractivity contribution in [3.8, 4) is 0 Å². The van der Waals surface area contributed by atoms with Crippen LogP contribution in [-0.4, -0.2) is 58.1 Å². The lowest BCUT2D eigenvalue weighted by molar-refractivity contribution is -0.159. The van der Waals surface area contributed by atoms with Gasteiger partial charge in [0.05, 0.1) is 0 Å². The zero-order valence-electron chi connectivity index (χ0n) is 29.9. The summed E-state index contributed by atoms with van der Waals surface area (Å²) in [6, 6.07) is 13.0. The van der Waals surface area contributed by atoms with Gasteiger partial charge in [0, 0.05) is 12.5 Å². The van der Waals surface area contributed by atoms with Crippen molar-refractivity contribution in [1.29, 1.82) is 0 Å². The van der Waals surface area contributed by atoms with Gasteiger partial charge in [-0.05, 0) is 96.9 Å². The summed E-state index contributed by atoms with van der Waals surface area (Å²) < 4.78 is 11.1. The number of rotatable bonds is 14. The molecule has 0 aliphatic carbocycles. The van der Waals surface area contributed by atoms with Crippen LogP contribution in [0.3, 0.4) is 0 Å². The average Bonchev–Trinajstić information content (AvgIpc) is 2.96. The molecular formula is C38H55N3O6. The number of amides is 3. The summed E-state index contributed by atoms with van der Waals surface area (Å²) in [7, 11) is 0. The van der Waals surface area contributed by atoms with Gasteiger partial charge in [-0.3, -0.25) is 9.59 Å². The molecule has 0 saturated carbocycles.